The zero-order valence-corrected chi connectivity index (χ0v) is 9.40. The summed E-state index contributed by atoms with van der Waals surface area (Å²) in [4.78, 5) is 21.0. The Balaban J connectivity index is 2.92. The summed E-state index contributed by atoms with van der Waals surface area (Å²) in [6.45, 7) is 0. The Morgan fingerprint density at radius 1 is 1.53 bits per heavy atom. The van der Waals surface area contributed by atoms with Crippen LogP contribution in [0.4, 0.5) is 0 Å². The summed E-state index contributed by atoms with van der Waals surface area (Å²) in [5, 5.41) is 11.2. The van der Waals surface area contributed by atoms with Crippen molar-refractivity contribution in [1.82, 2.24) is 5.32 Å². The maximum Gasteiger partial charge on any atom is 0.305 e. The Kier molecular flexibility index (Phi) is 4.30. The highest BCUT2D eigenvalue weighted by atomic mass is 79.9. The topological polar surface area (TPSA) is 66.4 Å². The van der Waals surface area contributed by atoms with E-state index in [1.807, 2.05) is 6.07 Å². The molecule has 0 aliphatic heterocycles. The summed E-state index contributed by atoms with van der Waals surface area (Å²) in [7, 11) is 0. The quantitative estimate of drug-likeness (QED) is 0.802. The van der Waals surface area contributed by atoms with E-state index < -0.39 is 12.0 Å². The molecule has 0 fully saturated rings. The van der Waals surface area contributed by atoms with E-state index >= 15 is 0 Å². The lowest BCUT2D eigenvalue weighted by Gasteiger charge is -2.15. The maximum atomic E-state index is 10.6. The molecular formula is C10H10BrNO3. The maximum absolute atomic E-state index is 10.6. The summed E-state index contributed by atoms with van der Waals surface area (Å²) >= 11 is 3.31. The second kappa shape index (κ2) is 5.50. The molecule has 1 unspecified atom stereocenters. The van der Waals surface area contributed by atoms with E-state index in [0.717, 1.165) is 10.0 Å². The van der Waals surface area contributed by atoms with Crippen LogP contribution < -0.4 is 5.32 Å². The lowest BCUT2D eigenvalue weighted by Crippen LogP contribution is -2.22. The average Bonchev–Trinajstić information content (AvgIpc) is 2.17. The average molecular weight is 272 g/mol. The number of nitrogens with one attached hydrogen (secondary N) is 1. The van der Waals surface area contributed by atoms with Crippen molar-refractivity contribution in [2.24, 2.45) is 0 Å². The van der Waals surface area contributed by atoms with Gasteiger partial charge >= 0.3 is 5.97 Å². The van der Waals surface area contributed by atoms with Crippen molar-refractivity contribution in [3.05, 3.63) is 34.3 Å². The number of hydrogen-bond acceptors (Lipinski definition) is 2. The van der Waals surface area contributed by atoms with Gasteiger partial charge in [0, 0.05) is 4.47 Å². The van der Waals surface area contributed by atoms with Crippen molar-refractivity contribution < 1.29 is 14.7 Å². The van der Waals surface area contributed by atoms with E-state index in [-0.39, 0.29) is 6.42 Å². The van der Waals surface area contributed by atoms with Crippen LogP contribution in [0.25, 0.3) is 0 Å². The van der Waals surface area contributed by atoms with Crippen LogP contribution in [-0.4, -0.2) is 17.5 Å². The minimum absolute atomic E-state index is 0.138. The highest BCUT2D eigenvalue weighted by molar-refractivity contribution is 9.10. The number of carboxylic acid groups (broad SMARTS) is 1. The molecule has 0 saturated heterocycles. The molecule has 0 spiro atoms. The predicted molar refractivity (Wildman–Crippen MR) is 58.3 cm³/mol. The monoisotopic (exact) mass is 271 g/mol. The number of carboxylic acids is 1. The van der Waals surface area contributed by atoms with E-state index in [1.165, 1.54) is 0 Å². The minimum atomic E-state index is -0.954. The first-order chi connectivity index (χ1) is 7.15. The molecule has 15 heavy (non-hydrogen) atoms. The fraction of sp³-hybridized carbons (Fsp3) is 0.200. The lowest BCUT2D eigenvalue weighted by atomic mass is 10.0. The van der Waals surface area contributed by atoms with Crippen LogP contribution in [0.5, 0.6) is 0 Å². The Morgan fingerprint density at radius 3 is 2.73 bits per heavy atom. The van der Waals surface area contributed by atoms with Gasteiger partial charge in [0.25, 0.3) is 0 Å². The summed E-state index contributed by atoms with van der Waals surface area (Å²) in [5.74, 6) is -0.954. The molecule has 0 heterocycles. The Morgan fingerprint density at radius 2 is 2.20 bits per heavy atom. The van der Waals surface area contributed by atoms with Crippen LogP contribution in [0.1, 0.15) is 18.0 Å². The van der Waals surface area contributed by atoms with E-state index in [2.05, 4.69) is 21.2 Å². The number of hydrogen-bond donors (Lipinski definition) is 2. The van der Waals surface area contributed by atoms with Crippen molar-refractivity contribution in [2.75, 3.05) is 0 Å². The van der Waals surface area contributed by atoms with E-state index in [1.54, 1.807) is 18.2 Å². The molecule has 1 aromatic rings. The van der Waals surface area contributed by atoms with Crippen LogP contribution >= 0.6 is 15.9 Å². The van der Waals surface area contributed by atoms with Crippen molar-refractivity contribution >= 4 is 28.3 Å². The van der Waals surface area contributed by atoms with Gasteiger partial charge in [0.05, 0.1) is 12.5 Å². The Bertz CT molecular complexity index is 367. The zero-order valence-electron chi connectivity index (χ0n) is 7.81. The van der Waals surface area contributed by atoms with Crippen LogP contribution in [0.3, 0.4) is 0 Å². The summed E-state index contributed by atoms with van der Waals surface area (Å²) in [5.41, 5.74) is 0.756. The largest absolute Gasteiger partial charge is 0.481 e. The molecule has 4 nitrogen and oxygen atoms in total. The van der Waals surface area contributed by atoms with Gasteiger partial charge in [0.2, 0.25) is 6.41 Å². The third-order valence-electron chi connectivity index (χ3n) is 1.93. The second-order valence-corrected chi connectivity index (χ2v) is 3.81. The van der Waals surface area contributed by atoms with Crippen molar-refractivity contribution in [1.29, 1.82) is 0 Å². The van der Waals surface area contributed by atoms with Gasteiger partial charge in [-0.15, -0.1) is 0 Å². The lowest BCUT2D eigenvalue weighted by molar-refractivity contribution is -0.137. The van der Waals surface area contributed by atoms with Gasteiger partial charge in [-0.1, -0.05) is 34.1 Å². The number of carbonyl (C=O) groups is 2. The molecule has 0 aromatic heterocycles. The van der Waals surface area contributed by atoms with Gasteiger partial charge < -0.3 is 10.4 Å². The van der Waals surface area contributed by atoms with Gasteiger partial charge in [-0.05, 0) is 11.6 Å². The number of halogens is 1. The predicted octanol–water partition coefficient (Wildman–Crippen LogP) is 1.71. The number of amides is 1. The fourth-order valence-corrected chi connectivity index (χ4v) is 1.83. The summed E-state index contributed by atoms with van der Waals surface area (Å²) < 4.78 is 0.783. The first-order valence-corrected chi connectivity index (χ1v) is 5.10. The molecule has 5 heteroatoms. The molecule has 0 bridgehead atoms. The van der Waals surface area contributed by atoms with Gasteiger partial charge in [-0.3, -0.25) is 9.59 Å². The normalized spacial score (nSPS) is 11.8. The van der Waals surface area contributed by atoms with Crippen LogP contribution in [0.15, 0.2) is 28.7 Å². The molecule has 1 aromatic carbocycles. The molecule has 0 aliphatic carbocycles. The van der Waals surface area contributed by atoms with Gasteiger partial charge in [0.1, 0.15) is 0 Å². The van der Waals surface area contributed by atoms with Crippen LogP contribution in [0.2, 0.25) is 0 Å². The van der Waals surface area contributed by atoms with Crippen molar-refractivity contribution in [3.8, 4) is 0 Å². The first-order valence-electron chi connectivity index (χ1n) is 4.31. The van der Waals surface area contributed by atoms with Gasteiger partial charge in [-0.2, -0.15) is 0 Å². The molecular weight excluding hydrogens is 262 g/mol. The number of carbonyl (C=O) groups excluding carboxylic acids is 1. The summed E-state index contributed by atoms with van der Waals surface area (Å²) in [6.07, 6.45) is 0.369. The smallest absolute Gasteiger partial charge is 0.305 e. The van der Waals surface area contributed by atoms with Gasteiger partial charge in [-0.25, -0.2) is 0 Å². The van der Waals surface area contributed by atoms with E-state index in [9.17, 15) is 9.59 Å². The second-order valence-electron chi connectivity index (χ2n) is 2.96. The molecule has 0 aliphatic rings. The van der Waals surface area contributed by atoms with Crippen molar-refractivity contribution in [3.63, 3.8) is 0 Å². The molecule has 1 atom stereocenters. The van der Waals surface area contributed by atoms with Crippen LogP contribution in [0, 0.1) is 0 Å². The van der Waals surface area contributed by atoms with Crippen LogP contribution in [-0.2, 0) is 9.59 Å². The fourth-order valence-electron chi connectivity index (χ4n) is 1.27. The Hall–Kier alpha value is -1.36. The van der Waals surface area contributed by atoms with E-state index in [0.29, 0.717) is 6.41 Å². The minimum Gasteiger partial charge on any atom is -0.481 e. The van der Waals surface area contributed by atoms with E-state index in [4.69, 9.17) is 5.11 Å². The molecule has 80 valence electrons. The number of rotatable bonds is 5. The molecule has 1 rings (SSSR count). The molecule has 0 radical (unpaired) electrons. The third-order valence-corrected chi connectivity index (χ3v) is 2.65. The highest BCUT2D eigenvalue weighted by Gasteiger charge is 2.16. The summed E-state index contributed by atoms with van der Waals surface area (Å²) in [6, 6.07) is 6.69. The molecule has 0 saturated carbocycles. The Labute approximate surface area is 95.4 Å². The molecule has 2 N–H and O–H groups in total. The number of benzene rings is 1. The van der Waals surface area contributed by atoms with Crippen molar-refractivity contribution in [2.45, 2.75) is 12.5 Å². The molecule has 1 amide bonds. The number of aliphatic carboxylic acids is 1. The first kappa shape index (κ1) is 11.7. The standard InChI is InChI=1S/C10H10BrNO3/c11-8-4-2-1-3-7(8)9(12-6-13)5-10(14)15/h1-4,6,9H,5H2,(H,12,13)(H,14,15). The third kappa shape index (κ3) is 3.36. The van der Waals surface area contributed by atoms with Gasteiger partial charge in [0.15, 0.2) is 0 Å². The highest BCUT2D eigenvalue weighted by Crippen LogP contribution is 2.24. The zero-order chi connectivity index (χ0) is 11.3. The SMILES string of the molecule is O=CNC(CC(=O)O)c1ccccc1Br.